The molecule has 7 heteroatoms. The Kier molecular flexibility index (Phi) is 3.39. The fourth-order valence-electron chi connectivity index (χ4n) is 4.24. The number of hydrogen-bond donors (Lipinski definition) is 1. The van der Waals surface area contributed by atoms with Crippen LogP contribution in [0.3, 0.4) is 0 Å². The Hall–Kier alpha value is -2.44. The standard InChI is InChI=1S/C18H22N4O3/c1-10-8-11(2)22-15(19-10)14(12(3)20-22)16(23)21-6-4-18(5-7-21)9-13(18)17(24)25/h8,13H,4-7,9H2,1-3H3,(H,24,25). The molecule has 1 amide bonds. The second-order valence-corrected chi connectivity index (χ2v) is 7.48. The molecule has 0 aromatic carbocycles. The summed E-state index contributed by atoms with van der Waals surface area (Å²) < 4.78 is 1.72. The van der Waals surface area contributed by atoms with Gasteiger partial charge < -0.3 is 10.0 Å². The van der Waals surface area contributed by atoms with E-state index in [1.807, 2.05) is 31.7 Å². The number of aromatic nitrogens is 3. The van der Waals surface area contributed by atoms with Gasteiger partial charge in [0.25, 0.3) is 5.91 Å². The number of likely N-dealkylation sites (tertiary alicyclic amines) is 1. The first-order valence-corrected chi connectivity index (χ1v) is 8.68. The molecule has 1 N–H and O–H groups in total. The van der Waals surface area contributed by atoms with Crippen LogP contribution in [0.1, 0.15) is 46.7 Å². The van der Waals surface area contributed by atoms with Gasteiger partial charge in [-0.25, -0.2) is 9.50 Å². The van der Waals surface area contributed by atoms with Gasteiger partial charge in [0.05, 0.1) is 11.6 Å². The monoisotopic (exact) mass is 342 g/mol. The van der Waals surface area contributed by atoms with E-state index >= 15 is 0 Å². The van der Waals surface area contributed by atoms with Crippen LogP contribution in [0, 0.1) is 32.1 Å². The van der Waals surface area contributed by atoms with Gasteiger partial charge in [-0.2, -0.15) is 5.10 Å². The third-order valence-electron chi connectivity index (χ3n) is 5.82. The van der Waals surface area contributed by atoms with E-state index in [2.05, 4.69) is 10.1 Å². The molecule has 7 nitrogen and oxygen atoms in total. The van der Waals surface area contributed by atoms with Crippen LogP contribution in [0.4, 0.5) is 0 Å². The fraction of sp³-hybridized carbons (Fsp3) is 0.556. The van der Waals surface area contributed by atoms with Crippen molar-refractivity contribution in [3.05, 3.63) is 28.7 Å². The third-order valence-corrected chi connectivity index (χ3v) is 5.82. The number of carboxylic acids is 1. The number of carbonyl (C=O) groups excluding carboxylic acids is 1. The van der Waals surface area contributed by atoms with Gasteiger partial charge >= 0.3 is 5.97 Å². The van der Waals surface area contributed by atoms with Crippen LogP contribution in [-0.4, -0.2) is 49.6 Å². The van der Waals surface area contributed by atoms with Gasteiger partial charge in [0.2, 0.25) is 0 Å². The fourth-order valence-corrected chi connectivity index (χ4v) is 4.24. The number of amides is 1. The zero-order valence-corrected chi connectivity index (χ0v) is 14.7. The zero-order chi connectivity index (χ0) is 17.9. The quantitative estimate of drug-likeness (QED) is 0.902. The van der Waals surface area contributed by atoms with E-state index < -0.39 is 5.97 Å². The van der Waals surface area contributed by atoms with Crippen LogP contribution in [-0.2, 0) is 4.79 Å². The van der Waals surface area contributed by atoms with Gasteiger partial charge in [-0.3, -0.25) is 9.59 Å². The number of aryl methyl sites for hydroxylation is 3. The highest BCUT2D eigenvalue weighted by Crippen LogP contribution is 2.59. The summed E-state index contributed by atoms with van der Waals surface area (Å²) in [6.07, 6.45) is 2.28. The number of nitrogens with zero attached hydrogens (tertiary/aromatic N) is 4. The molecule has 1 saturated heterocycles. The summed E-state index contributed by atoms with van der Waals surface area (Å²) in [6.45, 7) is 6.90. The van der Waals surface area contributed by atoms with E-state index in [1.54, 1.807) is 4.52 Å². The number of aliphatic carboxylic acids is 1. The minimum absolute atomic E-state index is 0.0487. The van der Waals surface area contributed by atoms with Gasteiger partial charge in [-0.15, -0.1) is 0 Å². The van der Waals surface area contributed by atoms with Crippen LogP contribution in [0.15, 0.2) is 6.07 Å². The van der Waals surface area contributed by atoms with Crippen LogP contribution in [0.25, 0.3) is 5.65 Å². The number of carboxylic acid groups (broad SMARTS) is 1. The molecule has 2 aromatic heterocycles. The van der Waals surface area contributed by atoms with Crippen molar-refractivity contribution in [3.63, 3.8) is 0 Å². The summed E-state index contributed by atoms with van der Waals surface area (Å²) >= 11 is 0. The highest BCUT2D eigenvalue weighted by Gasteiger charge is 2.59. The van der Waals surface area contributed by atoms with Crippen LogP contribution in [0.2, 0.25) is 0 Å². The summed E-state index contributed by atoms with van der Waals surface area (Å²) in [6, 6.07) is 1.94. The van der Waals surface area contributed by atoms with E-state index in [9.17, 15) is 14.7 Å². The molecular formula is C18H22N4O3. The lowest BCUT2D eigenvalue weighted by molar-refractivity contribution is -0.139. The van der Waals surface area contributed by atoms with Gasteiger partial charge in [0.1, 0.15) is 5.56 Å². The van der Waals surface area contributed by atoms with E-state index in [-0.39, 0.29) is 17.2 Å². The SMILES string of the molecule is Cc1cc(C)n2nc(C)c(C(=O)N3CCC4(CC3)CC4C(=O)O)c2n1. The molecule has 3 heterocycles. The van der Waals surface area contributed by atoms with E-state index in [4.69, 9.17) is 0 Å². The molecule has 1 unspecified atom stereocenters. The molecule has 1 aliphatic heterocycles. The molecule has 25 heavy (non-hydrogen) atoms. The van der Waals surface area contributed by atoms with Crippen molar-refractivity contribution >= 4 is 17.5 Å². The molecule has 1 saturated carbocycles. The molecular weight excluding hydrogens is 320 g/mol. The Bertz CT molecular complexity index is 893. The minimum Gasteiger partial charge on any atom is -0.481 e. The van der Waals surface area contributed by atoms with Crippen LogP contribution < -0.4 is 0 Å². The van der Waals surface area contributed by atoms with Crippen molar-refractivity contribution in [1.29, 1.82) is 0 Å². The number of rotatable bonds is 2. The molecule has 0 bridgehead atoms. The predicted molar refractivity (Wildman–Crippen MR) is 90.5 cm³/mol. The van der Waals surface area contributed by atoms with E-state index in [0.717, 1.165) is 30.7 Å². The Labute approximate surface area is 145 Å². The molecule has 2 fully saturated rings. The Morgan fingerprint density at radius 1 is 1.24 bits per heavy atom. The first-order valence-electron chi connectivity index (χ1n) is 8.68. The van der Waals surface area contributed by atoms with Crippen molar-refractivity contribution in [2.24, 2.45) is 11.3 Å². The molecule has 2 aromatic rings. The molecule has 4 rings (SSSR count). The molecule has 1 spiro atoms. The van der Waals surface area contributed by atoms with Gasteiger partial charge in [-0.1, -0.05) is 0 Å². The molecule has 132 valence electrons. The highest BCUT2D eigenvalue weighted by atomic mass is 16.4. The van der Waals surface area contributed by atoms with Crippen molar-refractivity contribution in [2.45, 2.75) is 40.0 Å². The maximum atomic E-state index is 13.1. The summed E-state index contributed by atoms with van der Waals surface area (Å²) in [5, 5.41) is 13.7. The lowest BCUT2D eigenvalue weighted by atomic mass is 9.90. The lowest BCUT2D eigenvalue weighted by Crippen LogP contribution is -2.40. The zero-order valence-electron chi connectivity index (χ0n) is 14.7. The topological polar surface area (TPSA) is 87.8 Å². The number of hydrogen-bond acceptors (Lipinski definition) is 4. The summed E-state index contributed by atoms with van der Waals surface area (Å²) in [4.78, 5) is 30.6. The number of fused-ring (bicyclic) bond motifs is 1. The van der Waals surface area contributed by atoms with Crippen LogP contribution >= 0.6 is 0 Å². The molecule has 2 aliphatic rings. The van der Waals surface area contributed by atoms with Gasteiger partial charge in [0.15, 0.2) is 5.65 Å². The summed E-state index contributed by atoms with van der Waals surface area (Å²) in [7, 11) is 0. The lowest BCUT2D eigenvalue weighted by Gasteiger charge is -2.32. The first-order chi connectivity index (χ1) is 11.8. The minimum atomic E-state index is -0.701. The summed E-state index contributed by atoms with van der Waals surface area (Å²) in [5.74, 6) is -0.976. The maximum Gasteiger partial charge on any atom is 0.307 e. The maximum absolute atomic E-state index is 13.1. The van der Waals surface area contributed by atoms with Crippen molar-refractivity contribution < 1.29 is 14.7 Å². The predicted octanol–water partition coefficient (Wildman–Crippen LogP) is 1.98. The van der Waals surface area contributed by atoms with E-state index in [0.29, 0.717) is 30.0 Å². The van der Waals surface area contributed by atoms with Crippen LogP contribution in [0.5, 0.6) is 0 Å². The number of piperidine rings is 1. The smallest absolute Gasteiger partial charge is 0.307 e. The van der Waals surface area contributed by atoms with Crippen molar-refractivity contribution in [3.8, 4) is 0 Å². The first kappa shape index (κ1) is 16.1. The Morgan fingerprint density at radius 3 is 2.52 bits per heavy atom. The van der Waals surface area contributed by atoms with Crippen molar-refractivity contribution in [1.82, 2.24) is 19.5 Å². The van der Waals surface area contributed by atoms with E-state index in [1.165, 1.54) is 0 Å². The Morgan fingerprint density at radius 2 is 1.92 bits per heavy atom. The second kappa shape index (κ2) is 5.28. The summed E-state index contributed by atoms with van der Waals surface area (Å²) in [5.41, 5.74) is 3.58. The third kappa shape index (κ3) is 2.41. The molecule has 0 radical (unpaired) electrons. The van der Waals surface area contributed by atoms with Gasteiger partial charge in [-0.05, 0) is 51.5 Å². The molecule has 1 atom stereocenters. The average molecular weight is 342 g/mol. The second-order valence-electron chi connectivity index (χ2n) is 7.48. The number of carbonyl (C=O) groups is 2. The average Bonchev–Trinajstić information content (AvgIpc) is 3.14. The van der Waals surface area contributed by atoms with Gasteiger partial charge in [0, 0.05) is 24.5 Å². The molecule has 1 aliphatic carbocycles. The Balaban J connectivity index is 1.60. The highest BCUT2D eigenvalue weighted by molar-refractivity contribution is 6.01. The van der Waals surface area contributed by atoms with Crippen molar-refractivity contribution in [2.75, 3.05) is 13.1 Å². The largest absolute Gasteiger partial charge is 0.481 e. The normalized spacial score (nSPS) is 21.7.